The van der Waals surface area contributed by atoms with Crippen LogP contribution < -0.4 is 11.1 Å². The van der Waals surface area contributed by atoms with Crippen LogP contribution >= 0.6 is 0 Å². The van der Waals surface area contributed by atoms with E-state index in [4.69, 9.17) is 10.5 Å². The highest BCUT2D eigenvalue weighted by atomic mass is 16.5. The number of carbonyl (C=O) groups excluding carboxylic acids is 2. The van der Waals surface area contributed by atoms with Gasteiger partial charge in [-0.25, -0.2) is 4.79 Å². The molecule has 4 N–H and O–H groups in total. The summed E-state index contributed by atoms with van der Waals surface area (Å²) in [4.78, 5) is 36.5. The molecule has 7 heteroatoms. The van der Waals surface area contributed by atoms with Crippen molar-refractivity contribution in [3.63, 3.8) is 0 Å². The van der Waals surface area contributed by atoms with Gasteiger partial charge >= 0.3 is 11.9 Å². The summed E-state index contributed by atoms with van der Waals surface area (Å²) in [7, 11) is 0. The largest absolute Gasteiger partial charge is 0.480 e. The molecule has 0 bridgehead atoms. The number of hydrogen-bond donors (Lipinski definition) is 3. The van der Waals surface area contributed by atoms with Gasteiger partial charge in [0.2, 0.25) is 5.91 Å². The van der Waals surface area contributed by atoms with E-state index in [9.17, 15) is 19.5 Å². The summed E-state index contributed by atoms with van der Waals surface area (Å²) in [5, 5.41) is 12.0. The minimum atomic E-state index is -1.01. The van der Waals surface area contributed by atoms with Crippen LogP contribution in [0.25, 0.3) is 0 Å². The van der Waals surface area contributed by atoms with Gasteiger partial charge in [-0.1, -0.05) is 152 Å². The second kappa shape index (κ2) is 43.5. The van der Waals surface area contributed by atoms with Crippen molar-refractivity contribution in [3.8, 4) is 0 Å². The molecule has 0 aromatic carbocycles. The highest BCUT2D eigenvalue weighted by molar-refractivity contribution is 5.83. The Labute approximate surface area is 345 Å². The van der Waals surface area contributed by atoms with Crippen LogP contribution in [0.15, 0.2) is 48.6 Å². The number of carbonyl (C=O) groups is 3. The first-order valence-electron chi connectivity index (χ1n) is 23.5. The van der Waals surface area contributed by atoms with Crippen LogP contribution in [0.1, 0.15) is 226 Å². The van der Waals surface area contributed by atoms with Gasteiger partial charge < -0.3 is 20.9 Å². The van der Waals surface area contributed by atoms with Crippen molar-refractivity contribution in [1.82, 2.24) is 5.32 Å². The molecule has 0 aromatic heterocycles. The normalized spacial score (nSPS) is 13.1. The summed E-state index contributed by atoms with van der Waals surface area (Å²) in [6, 6.07) is -0.861. The second-order valence-corrected chi connectivity index (χ2v) is 15.8. The fourth-order valence-corrected chi connectivity index (χ4v) is 6.87. The van der Waals surface area contributed by atoms with Gasteiger partial charge in [-0.2, -0.15) is 0 Å². The first-order chi connectivity index (χ1) is 27.4. The maximum atomic E-state index is 12.8. The monoisotopic (exact) mass is 785 g/mol. The van der Waals surface area contributed by atoms with Gasteiger partial charge in [0.1, 0.15) is 12.1 Å². The van der Waals surface area contributed by atoms with Crippen molar-refractivity contribution in [1.29, 1.82) is 0 Å². The zero-order valence-corrected chi connectivity index (χ0v) is 36.5. The Balaban J connectivity index is 4.39. The van der Waals surface area contributed by atoms with E-state index in [1.807, 2.05) is 0 Å². The lowest BCUT2D eigenvalue weighted by Gasteiger charge is -2.18. The number of aliphatic carboxylic acids is 1. The predicted octanol–water partition coefficient (Wildman–Crippen LogP) is 13.6. The number of amides is 1. The third-order valence-corrected chi connectivity index (χ3v) is 10.4. The van der Waals surface area contributed by atoms with Gasteiger partial charge in [-0.3, -0.25) is 9.59 Å². The van der Waals surface area contributed by atoms with Gasteiger partial charge in [-0.05, 0) is 116 Å². The van der Waals surface area contributed by atoms with Gasteiger partial charge in [-0.15, -0.1) is 0 Å². The van der Waals surface area contributed by atoms with Crippen LogP contribution in [0.4, 0.5) is 0 Å². The molecule has 0 aliphatic heterocycles. The first kappa shape index (κ1) is 53.3. The van der Waals surface area contributed by atoms with E-state index in [0.29, 0.717) is 32.2 Å². The minimum Gasteiger partial charge on any atom is -0.480 e. The zero-order chi connectivity index (χ0) is 41.0. The smallest absolute Gasteiger partial charge is 0.326 e. The van der Waals surface area contributed by atoms with E-state index < -0.39 is 12.0 Å². The lowest BCUT2D eigenvalue weighted by Crippen LogP contribution is -2.40. The quantitative estimate of drug-likeness (QED) is 0.0322. The van der Waals surface area contributed by atoms with Gasteiger partial charge in [0.15, 0.2) is 0 Å². The van der Waals surface area contributed by atoms with Gasteiger partial charge in [0.25, 0.3) is 0 Å². The predicted molar refractivity (Wildman–Crippen MR) is 239 cm³/mol. The number of carboxylic acid groups (broad SMARTS) is 1. The van der Waals surface area contributed by atoms with E-state index in [2.05, 4.69) is 67.8 Å². The van der Waals surface area contributed by atoms with E-state index in [1.165, 1.54) is 77.0 Å². The highest BCUT2D eigenvalue weighted by Gasteiger charge is 2.19. The average molecular weight is 785 g/mol. The fraction of sp³-hybridized carbons (Fsp3) is 0.776. The van der Waals surface area contributed by atoms with Crippen LogP contribution in [0.5, 0.6) is 0 Å². The summed E-state index contributed by atoms with van der Waals surface area (Å²) >= 11 is 0. The molecular formula is C49H88N2O5. The summed E-state index contributed by atoms with van der Waals surface area (Å²) in [5.41, 5.74) is 5.49. The molecule has 0 rings (SSSR count). The number of ether oxygens (including phenoxy) is 1. The summed E-state index contributed by atoms with van der Waals surface area (Å²) in [5.74, 6) is -1.26. The van der Waals surface area contributed by atoms with Crippen molar-refractivity contribution in [3.05, 3.63) is 48.6 Å². The molecular weight excluding hydrogens is 697 g/mol. The summed E-state index contributed by atoms with van der Waals surface area (Å²) in [6.07, 6.45) is 53.0. The number of rotatable bonds is 42. The Morgan fingerprint density at radius 3 is 1.52 bits per heavy atom. The molecule has 0 radical (unpaired) electrons. The van der Waals surface area contributed by atoms with Crippen molar-refractivity contribution in [2.75, 3.05) is 6.54 Å². The molecule has 56 heavy (non-hydrogen) atoms. The average Bonchev–Trinajstić information content (AvgIpc) is 3.18. The van der Waals surface area contributed by atoms with Crippen molar-refractivity contribution in [2.45, 2.75) is 238 Å². The topological polar surface area (TPSA) is 119 Å². The van der Waals surface area contributed by atoms with Gasteiger partial charge in [0, 0.05) is 12.8 Å². The SMILES string of the molecule is CC/C=C\C/C=C\C/C=C\CCCCCCCC(=O)OC(CCCCC/C=C\CCCCCCCCCC)CCCCCCCC(=O)NC(CCCN)C(=O)O. The standard InChI is InChI=1S/C49H88N2O5/c1-3-5-7-9-11-13-15-17-19-21-23-25-27-30-34-39-45(40-35-31-29-32-36-42-47(52)51-46(49(54)55)41-38-44-50)56-48(53)43-37-33-28-26-24-22-20-18-16-14-12-10-8-6-4-2/h6,8,12,14,18,20-21,23,45-46H,3-5,7,9-11,13,15-17,19,22,24-44,50H2,1-2H3,(H,51,52)(H,54,55)/b8-6-,14-12-,20-18-,23-21-. The Morgan fingerprint density at radius 2 is 0.982 bits per heavy atom. The number of hydrogen-bond acceptors (Lipinski definition) is 5. The molecule has 0 aromatic rings. The molecule has 2 unspecified atom stereocenters. The van der Waals surface area contributed by atoms with Crippen molar-refractivity contribution >= 4 is 17.8 Å². The number of nitrogens with one attached hydrogen (secondary N) is 1. The third-order valence-electron chi connectivity index (χ3n) is 10.4. The molecule has 0 heterocycles. The zero-order valence-electron chi connectivity index (χ0n) is 36.5. The fourth-order valence-electron chi connectivity index (χ4n) is 6.87. The number of carboxylic acids is 1. The molecule has 0 saturated carbocycles. The van der Waals surface area contributed by atoms with Crippen molar-refractivity contribution < 1.29 is 24.2 Å². The molecule has 0 aliphatic rings. The lowest BCUT2D eigenvalue weighted by atomic mass is 10.0. The first-order valence-corrected chi connectivity index (χ1v) is 23.5. The maximum Gasteiger partial charge on any atom is 0.326 e. The number of allylic oxidation sites excluding steroid dienone is 8. The van der Waals surface area contributed by atoms with Crippen LogP contribution in [0, 0.1) is 0 Å². The summed E-state index contributed by atoms with van der Waals surface area (Å²) < 4.78 is 6.05. The molecule has 0 aliphatic carbocycles. The molecule has 324 valence electrons. The molecule has 2 atom stereocenters. The van der Waals surface area contributed by atoms with Crippen LogP contribution in [0.2, 0.25) is 0 Å². The minimum absolute atomic E-state index is 0.0123. The van der Waals surface area contributed by atoms with Crippen LogP contribution in [0.3, 0.4) is 0 Å². The third kappa shape index (κ3) is 39.6. The van der Waals surface area contributed by atoms with E-state index in [-0.39, 0.29) is 18.0 Å². The van der Waals surface area contributed by atoms with E-state index >= 15 is 0 Å². The maximum absolute atomic E-state index is 12.8. The number of nitrogens with two attached hydrogens (primary N) is 1. The highest BCUT2D eigenvalue weighted by Crippen LogP contribution is 2.18. The molecule has 1 amide bonds. The lowest BCUT2D eigenvalue weighted by molar-refractivity contribution is -0.150. The van der Waals surface area contributed by atoms with Crippen LogP contribution in [-0.4, -0.2) is 41.6 Å². The molecule has 0 fully saturated rings. The number of unbranched alkanes of at least 4 members (excludes halogenated alkanes) is 20. The Morgan fingerprint density at radius 1 is 0.536 bits per heavy atom. The Hall–Kier alpha value is -2.67. The molecule has 0 spiro atoms. The van der Waals surface area contributed by atoms with E-state index in [1.54, 1.807) is 0 Å². The summed E-state index contributed by atoms with van der Waals surface area (Å²) in [6.45, 7) is 4.84. The Bertz CT molecular complexity index is 1020. The van der Waals surface area contributed by atoms with E-state index in [0.717, 1.165) is 109 Å². The molecule has 0 saturated heterocycles. The van der Waals surface area contributed by atoms with Gasteiger partial charge in [0.05, 0.1) is 0 Å². The second-order valence-electron chi connectivity index (χ2n) is 15.8. The number of esters is 1. The van der Waals surface area contributed by atoms with Crippen LogP contribution in [-0.2, 0) is 19.1 Å². The molecule has 7 nitrogen and oxygen atoms in total. The Kier molecular flexibility index (Phi) is 41.4. The van der Waals surface area contributed by atoms with Crippen molar-refractivity contribution in [2.24, 2.45) is 5.73 Å².